The molecule has 11 nitrogen and oxygen atoms in total. The lowest BCUT2D eigenvalue weighted by molar-refractivity contribution is -0.138. The normalized spacial score (nSPS) is 18.0. The van der Waals surface area contributed by atoms with E-state index >= 15 is 0 Å². The molecular formula is C41H46N4O7S. The molecule has 1 heterocycles. The molecule has 0 spiro atoms. The van der Waals surface area contributed by atoms with Gasteiger partial charge in [0.05, 0.1) is 23.3 Å². The number of benzene rings is 3. The highest BCUT2D eigenvalue weighted by atomic mass is 32.2. The zero-order chi connectivity index (χ0) is 37.3. The van der Waals surface area contributed by atoms with Crippen LogP contribution in [0.3, 0.4) is 0 Å². The summed E-state index contributed by atoms with van der Waals surface area (Å²) in [6.07, 6.45) is 7.29. The van der Waals surface area contributed by atoms with E-state index in [1.165, 1.54) is 4.91 Å². The van der Waals surface area contributed by atoms with Crippen LogP contribution in [0.5, 0.6) is 0 Å². The number of carbonyl (C=O) groups is 5. The van der Waals surface area contributed by atoms with E-state index in [1.807, 2.05) is 54.6 Å². The van der Waals surface area contributed by atoms with Crippen LogP contribution in [0.15, 0.2) is 83.3 Å². The molecule has 1 fully saturated rings. The number of anilines is 1. The first-order chi connectivity index (χ1) is 25.6. The van der Waals surface area contributed by atoms with Gasteiger partial charge in [0.2, 0.25) is 11.8 Å². The van der Waals surface area contributed by atoms with Crippen molar-refractivity contribution < 1.29 is 34.2 Å². The van der Waals surface area contributed by atoms with E-state index in [4.69, 9.17) is 10.2 Å². The van der Waals surface area contributed by atoms with Crippen molar-refractivity contribution in [1.29, 1.82) is 0 Å². The minimum atomic E-state index is -0.996. The highest BCUT2D eigenvalue weighted by molar-refractivity contribution is 8.04. The van der Waals surface area contributed by atoms with Crippen LogP contribution in [0, 0.1) is 5.92 Å². The number of rotatable bonds is 17. The number of allylic oxidation sites excluding steroid dienone is 1. The maximum absolute atomic E-state index is 13.9. The lowest BCUT2D eigenvalue weighted by atomic mass is 9.88. The van der Waals surface area contributed by atoms with Crippen LogP contribution >= 0.6 is 11.8 Å². The van der Waals surface area contributed by atoms with Crippen molar-refractivity contribution in [2.24, 2.45) is 5.92 Å². The molecular weight excluding hydrogens is 693 g/mol. The number of aliphatic carboxylic acids is 1. The fourth-order valence-electron chi connectivity index (χ4n) is 6.99. The number of carboxylic acids is 2. The maximum Gasteiger partial charge on any atom is 0.335 e. The summed E-state index contributed by atoms with van der Waals surface area (Å²) in [6.45, 7) is 1.67. The summed E-state index contributed by atoms with van der Waals surface area (Å²) in [5.41, 5.74) is 5.74. The molecule has 3 aliphatic rings. The molecule has 5 N–H and O–H groups in total. The van der Waals surface area contributed by atoms with Gasteiger partial charge in [-0.15, -0.1) is 11.8 Å². The third-order valence-electron chi connectivity index (χ3n) is 10.0. The van der Waals surface area contributed by atoms with Crippen LogP contribution in [0.1, 0.15) is 88.8 Å². The number of aromatic carboxylic acids is 1. The van der Waals surface area contributed by atoms with E-state index in [0.717, 1.165) is 73.6 Å². The third kappa shape index (κ3) is 10.6. The van der Waals surface area contributed by atoms with Crippen molar-refractivity contribution in [2.45, 2.75) is 82.2 Å². The van der Waals surface area contributed by atoms with Crippen molar-refractivity contribution in [2.75, 3.05) is 18.4 Å². The second-order valence-electron chi connectivity index (χ2n) is 14.0. The average molecular weight is 739 g/mol. The minimum absolute atomic E-state index is 0.0414. The van der Waals surface area contributed by atoms with E-state index in [9.17, 15) is 24.0 Å². The summed E-state index contributed by atoms with van der Waals surface area (Å²) in [5.74, 6) is -3.05. The van der Waals surface area contributed by atoms with Gasteiger partial charge in [0.15, 0.2) is 0 Å². The van der Waals surface area contributed by atoms with Crippen LogP contribution in [-0.2, 0) is 33.8 Å². The first kappa shape index (κ1) is 37.8. The molecule has 1 saturated carbocycles. The van der Waals surface area contributed by atoms with Gasteiger partial charge in [0, 0.05) is 43.3 Å². The molecule has 1 aliphatic heterocycles. The van der Waals surface area contributed by atoms with Crippen LogP contribution < -0.4 is 16.0 Å². The maximum atomic E-state index is 13.9. The molecule has 6 rings (SSSR count). The number of nitrogens with zero attached hydrogens (tertiary/aromatic N) is 1. The quantitative estimate of drug-likeness (QED) is 0.112. The summed E-state index contributed by atoms with van der Waals surface area (Å²) in [6, 6.07) is 22.6. The molecule has 2 unspecified atom stereocenters. The Morgan fingerprint density at radius 2 is 1.49 bits per heavy atom. The van der Waals surface area contributed by atoms with Gasteiger partial charge in [0.25, 0.3) is 5.91 Å². The molecule has 53 heavy (non-hydrogen) atoms. The van der Waals surface area contributed by atoms with E-state index in [1.54, 1.807) is 30.0 Å². The molecule has 3 aromatic rings. The Morgan fingerprint density at radius 1 is 0.792 bits per heavy atom. The summed E-state index contributed by atoms with van der Waals surface area (Å²) in [4.78, 5) is 65.0. The van der Waals surface area contributed by atoms with Gasteiger partial charge in [-0.3, -0.25) is 24.1 Å². The Morgan fingerprint density at radius 3 is 2.17 bits per heavy atom. The van der Waals surface area contributed by atoms with E-state index < -0.39 is 23.2 Å². The van der Waals surface area contributed by atoms with E-state index in [-0.39, 0.29) is 36.1 Å². The number of thioether (sulfide) groups is 1. The second kappa shape index (κ2) is 17.7. The lowest BCUT2D eigenvalue weighted by Crippen LogP contribution is -2.42. The molecule has 278 valence electrons. The molecule has 12 heteroatoms. The van der Waals surface area contributed by atoms with Crippen molar-refractivity contribution in [1.82, 2.24) is 15.5 Å². The predicted molar refractivity (Wildman–Crippen MR) is 203 cm³/mol. The Hall–Kier alpha value is -4.94. The molecule has 0 radical (unpaired) electrons. The van der Waals surface area contributed by atoms with Crippen LogP contribution in [0.4, 0.5) is 5.69 Å². The predicted octanol–water partition coefficient (Wildman–Crippen LogP) is 6.00. The monoisotopic (exact) mass is 738 g/mol. The SMILES string of the molecule is O=C(O)CCC(=O)NCCN(Cc1cccc(C(=O)NC2SC3=C(CCCC3)C2C(=O)Nc2ccc(CCc3ccc(C(=O)O)cc3)cc2)c1)C1CC1. The lowest BCUT2D eigenvalue weighted by Gasteiger charge is -2.24. The summed E-state index contributed by atoms with van der Waals surface area (Å²) in [5, 5.41) is 26.6. The van der Waals surface area contributed by atoms with Gasteiger partial charge in [-0.1, -0.05) is 36.4 Å². The number of aryl methyl sites for hydroxylation is 2. The smallest absolute Gasteiger partial charge is 0.335 e. The van der Waals surface area contributed by atoms with Crippen molar-refractivity contribution in [3.8, 4) is 0 Å². The molecule has 2 aliphatic carbocycles. The number of hydrogen-bond acceptors (Lipinski definition) is 7. The van der Waals surface area contributed by atoms with Crippen molar-refractivity contribution in [3.63, 3.8) is 0 Å². The second-order valence-corrected chi connectivity index (χ2v) is 15.2. The highest BCUT2D eigenvalue weighted by Gasteiger charge is 2.42. The van der Waals surface area contributed by atoms with Crippen LogP contribution in [-0.4, -0.2) is 69.3 Å². The molecule has 2 atom stereocenters. The number of carbonyl (C=O) groups excluding carboxylic acids is 3. The molecule has 0 saturated heterocycles. The van der Waals surface area contributed by atoms with E-state index in [2.05, 4.69) is 20.9 Å². The van der Waals surface area contributed by atoms with E-state index in [0.29, 0.717) is 36.9 Å². The fourth-order valence-corrected chi connectivity index (χ4v) is 8.53. The summed E-state index contributed by atoms with van der Waals surface area (Å²) in [7, 11) is 0. The summed E-state index contributed by atoms with van der Waals surface area (Å²) < 4.78 is 0. The Labute approximate surface area is 313 Å². The first-order valence-electron chi connectivity index (χ1n) is 18.4. The number of hydrogen-bond donors (Lipinski definition) is 5. The van der Waals surface area contributed by atoms with Gasteiger partial charge in [-0.25, -0.2) is 4.79 Å². The molecule has 0 bridgehead atoms. The Bertz CT molecular complexity index is 1860. The van der Waals surface area contributed by atoms with Gasteiger partial charge in [-0.05, 0) is 115 Å². The average Bonchev–Trinajstić information content (AvgIpc) is 3.94. The van der Waals surface area contributed by atoms with Gasteiger partial charge < -0.3 is 26.2 Å². The largest absolute Gasteiger partial charge is 0.481 e. The zero-order valence-electron chi connectivity index (χ0n) is 29.6. The number of amides is 3. The standard InChI is InChI=1S/C41H46N4O7S/c46-35(20-21-36(47)48)42-22-23-45(32-18-19-32)25-28-4-3-5-30(24-28)38(49)44-40-37(33-6-1-2-7-34(33)53-40)39(50)43-31-16-12-27(13-17-31)9-8-26-10-14-29(15-11-26)41(51)52/h3-5,10-17,24,32,37,40H,1-2,6-9,18-23,25H2,(H,42,46)(H,43,50)(H,44,49)(H,47,48)(H,51,52). The van der Waals surface area contributed by atoms with Gasteiger partial charge in [-0.2, -0.15) is 0 Å². The summed E-state index contributed by atoms with van der Waals surface area (Å²) >= 11 is 1.60. The van der Waals surface area contributed by atoms with Gasteiger partial charge >= 0.3 is 11.9 Å². The Kier molecular flexibility index (Phi) is 12.6. The highest BCUT2D eigenvalue weighted by Crippen LogP contribution is 2.48. The van der Waals surface area contributed by atoms with Crippen LogP contribution in [0.2, 0.25) is 0 Å². The Balaban J connectivity index is 1.05. The van der Waals surface area contributed by atoms with Gasteiger partial charge in [0.1, 0.15) is 0 Å². The molecule has 0 aromatic heterocycles. The third-order valence-corrected chi connectivity index (χ3v) is 11.4. The fraction of sp³-hybridized carbons (Fsp3) is 0.390. The van der Waals surface area contributed by atoms with Crippen molar-refractivity contribution in [3.05, 3.63) is 111 Å². The number of nitrogens with one attached hydrogen (secondary N) is 3. The topological polar surface area (TPSA) is 165 Å². The van der Waals surface area contributed by atoms with Crippen molar-refractivity contribution >= 4 is 47.1 Å². The molecule has 3 aromatic carbocycles. The van der Waals surface area contributed by atoms with Crippen LogP contribution in [0.25, 0.3) is 0 Å². The minimum Gasteiger partial charge on any atom is -0.481 e. The first-order valence-corrected chi connectivity index (χ1v) is 19.2. The zero-order valence-corrected chi connectivity index (χ0v) is 30.5. The number of carboxylic acid groups (broad SMARTS) is 2. The molecule has 3 amide bonds.